The Bertz CT molecular complexity index is 1000. The van der Waals surface area contributed by atoms with Crippen molar-refractivity contribution in [2.75, 3.05) is 6.79 Å². The molecule has 0 spiro atoms. The fourth-order valence-corrected chi connectivity index (χ4v) is 2.83. The van der Waals surface area contributed by atoms with Gasteiger partial charge in [-0.05, 0) is 30.3 Å². The highest BCUT2D eigenvalue weighted by atomic mass is 16.7. The number of pyridine rings is 1. The van der Waals surface area contributed by atoms with E-state index in [0.29, 0.717) is 0 Å². The molecule has 4 heterocycles. The van der Waals surface area contributed by atoms with Crippen molar-refractivity contribution >= 4 is 5.65 Å². The van der Waals surface area contributed by atoms with E-state index >= 15 is 0 Å². The third-order valence-corrected chi connectivity index (χ3v) is 4.01. The molecule has 0 amide bonds. The van der Waals surface area contributed by atoms with Crippen LogP contribution in [-0.2, 0) is 0 Å². The van der Waals surface area contributed by atoms with E-state index in [1.165, 1.54) is 0 Å². The molecule has 0 radical (unpaired) electrons. The van der Waals surface area contributed by atoms with Crippen LogP contribution in [0.4, 0.5) is 0 Å². The van der Waals surface area contributed by atoms with Gasteiger partial charge < -0.3 is 9.47 Å². The number of hydrogen-bond acceptors (Lipinski definition) is 4. The quantitative estimate of drug-likeness (QED) is 0.618. The average Bonchev–Trinajstić information content (AvgIpc) is 3.32. The monoisotopic (exact) mass is 304 g/mol. The Balaban J connectivity index is 1.68. The van der Waals surface area contributed by atoms with Gasteiger partial charge in [0.25, 0.3) is 0 Å². The first kappa shape index (κ1) is 12.3. The normalized spacial score (nSPS) is 12.9. The molecule has 0 saturated heterocycles. The predicted octanol–water partition coefficient (Wildman–Crippen LogP) is 3.12. The number of nitrogens with one attached hydrogen (secondary N) is 1. The third kappa shape index (κ3) is 1.88. The van der Waals surface area contributed by atoms with Crippen LogP contribution >= 0.6 is 0 Å². The summed E-state index contributed by atoms with van der Waals surface area (Å²) in [6, 6.07) is 9.96. The second-order valence-corrected chi connectivity index (χ2v) is 5.34. The summed E-state index contributed by atoms with van der Waals surface area (Å²) in [6.45, 7) is 0.274. The second-order valence-electron chi connectivity index (χ2n) is 5.34. The summed E-state index contributed by atoms with van der Waals surface area (Å²) in [5.74, 6) is 1.55. The van der Waals surface area contributed by atoms with Gasteiger partial charge in [-0.2, -0.15) is 5.10 Å². The van der Waals surface area contributed by atoms with Gasteiger partial charge >= 0.3 is 0 Å². The fraction of sp³-hybridized carbons (Fsp3) is 0.0588. The Labute approximate surface area is 131 Å². The van der Waals surface area contributed by atoms with E-state index < -0.39 is 0 Å². The summed E-state index contributed by atoms with van der Waals surface area (Å²) >= 11 is 0. The van der Waals surface area contributed by atoms with E-state index in [4.69, 9.17) is 9.47 Å². The number of nitrogens with zero attached hydrogens (tertiary/aromatic N) is 3. The van der Waals surface area contributed by atoms with Crippen molar-refractivity contribution < 1.29 is 9.47 Å². The first-order chi connectivity index (χ1) is 11.4. The number of ether oxygens (including phenoxy) is 2. The van der Waals surface area contributed by atoms with Crippen molar-refractivity contribution in [3.63, 3.8) is 0 Å². The van der Waals surface area contributed by atoms with Gasteiger partial charge in [0.05, 0.1) is 18.1 Å². The van der Waals surface area contributed by atoms with Crippen LogP contribution in [0.25, 0.3) is 28.0 Å². The van der Waals surface area contributed by atoms with Gasteiger partial charge in [0.1, 0.15) is 5.65 Å². The zero-order valence-corrected chi connectivity index (χ0v) is 12.1. The van der Waals surface area contributed by atoms with Crippen molar-refractivity contribution in [3.05, 3.63) is 55.1 Å². The smallest absolute Gasteiger partial charge is 0.231 e. The van der Waals surface area contributed by atoms with E-state index in [0.717, 1.165) is 39.5 Å². The SMILES string of the molecule is c1cc2ncc(-c3ccc4c(c3)OCO4)n2cc1-c1cn[nH]c1. The molecule has 5 rings (SSSR count). The van der Waals surface area contributed by atoms with Crippen LogP contribution in [-0.4, -0.2) is 26.4 Å². The Morgan fingerprint density at radius 3 is 2.78 bits per heavy atom. The molecule has 0 saturated carbocycles. The van der Waals surface area contributed by atoms with Crippen LogP contribution in [0.3, 0.4) is 0 Å². The largest absolute Gasteiger partial charge is 0.454 e. The lowest BCUT2D eigenvalue weighted by molar-refractivity contribution is 0.174. The van der Waals surface area contributed by atoms with Crippen LogP contribution in [0.5, 0.6) is 11.5 Å². The van der Waals surface area contributed by atoms with E-state index in [-0.39, 0.29) is 6.79 Å². The van der Waals surface area contributed by atoms with Gasteiger partial charge in [0, 0.05) is 29.1 Å². The maximum Gasteiger partial charge on any atom is 0.231 e. The Hall–Kier alpha value is -3.28. The molecule has 23 heavy (non-hydrogen) atoms. The van der Waals surface area contributed by atoms with E-state index in [2.05, 4.69) is 25.8 Å². The maximum atomic E-state index is 5.47. The average molecular weight is 304 g/mol. The van der Waals surface area contributed by atoms with Gasteiger partial charge in [0.15, 0.2) is 11.5 Å². The van der Waals surface area contributed by atoms with Crippen molar-refractivity contribution in [2.45, 2.75) is 0 Å². The topological polar surface area (TPSA) is 64.4 Å². The summed E-state index contributed by atoms with van der Waals surface area (Å²) in [7, 11) is 0. The van der Waals surface area contributed by atoms with E-state index in [1.54, 1.807) is 6.20 Å². The Morgan fingerprint density at radius 2 is 1.87 bits per heavy atom. The molecule has 6 heteroatoms. The van der Waals surface area contributed by atoms with E-state index in [9.17, 15) is 0 Å². The number of aromatic amines is 1. The highest BCUT2D eigenvalue weighted by Gasteiger charge is 2.15. The number of hydrogen-bond donors (Lipinski definition) is 1. The minimum Gasteiger partial charge on any atom is -0.454 e. The molecule has 0 fully saturated rings. The molecule has 4 aromatic rings. The second kappa shape index (κ2) is 4.61. The van der Waals surface area contributed by atoms with Gasteiger partial charge in [-0.25, -0.2) is 4.98 Å². The molecule has 1 aliphatic heterocycles. The number of aromatic nitrogens is 4. The van der Waals surface area contributed by atoms with Crippen molar-refractivity contribution in [1.82, 2.24) is 19.6 Å². The zero-order chi connectivity index (χ0) is 15.2. The molecule has 3 aromatic heterocycles. The van der Waals surface area contributed by atoms with Crippen LogP contribution in [0.2, 0.25) is 0 Å². The van der Waals surface area contributed by atoms with Gasteiger partial charge in [0.2, 0.25) is 6.79 Å². The van der Waals surface area contributed by atoms with E-state index in [1.807, 2.05) is 42.7 Å². The lowest BCUT2D eigenvalue weighted by Gasteiger charge is -2.05. The highest BCUT2D eigenvalue weighted by Crippen LogP contribution is 2.36. The fourth-order valence-electron chi connectivity index (χ4n) is 2.83. The van der Waals surface area contributed by atoms with Crippen molar-refractivity contribution in [3.8, 4) is 33.9 Å². The summed E-state index contributed by atoms with van der Waals surface area (Å²) in [4.78, 5) is 4.48. The maximum absolute atomic E-state index is 5.47. The first-order valence-corrected chi connectivity index (χ1v) is 7.25. The molecular weight excluding hydrogens is 292 g/mol. The van der Waals surface area contributed by atoms with Gasteiger partial charge in [-0.15, -0.1) is 0 Å². The number of H-pyrrole nitrogens is 1. The zero-order valence-electron chi connectivity index (χ0n) is 12.1. The lowest BCUT2D eigenvalue weighted by atomic mass is 10.1. The molecule has 1 aromatic carbocycles. The molecule has 0 aliphatic carbocycles. The van der Waals surface area contributed by atoms with Gasteiger partial charge in [-0.1, -0.05) is 0 Å². The third-order valence-electron chi connectivity index (χ3n) is 4.01. The van der Waals surface area contributed by atoms with Crippen LogP contribution in [0.15, 0.2) is 55.1 Å². The summed E-state index contributed by atoms with van der Waals surface area (Å²) < 4.78 is 12.9. The Morgan fingerprint density at radius 1 is 0.957 bits per heavy atom. The minimum atomic E-state index is 0.274. The number of imidazole rings is 1. The number of rotatable bonds is 2. The number of fused-ring (bicyclic) bond motifs is 2. The molecule has 1 N–H and O–H groups in total. The van der Waals surface area contributed by atoms with Gasteiger partial charge in [-0.3, -0.25) is 9.50 Å². The highest BCUT2D eigenvalue weighted by molar-refractivity contribution is 5.70. The molecule has 1 aliphatic rings. The Kier molecular flexibility index (Phi) is 2.46. The van der Waals surface area contributed by atoms with Crippen molar-refractivity contribution in [2.24, 2.45) is 0 Å². The molecular formula is C17H12N4O2. The molecule has 112 valence electrons. The van der Waals surface area contributed by atoms with Crippen LogP contribution < -0.4 is 9.47 Å². The summed E-state index contributed by atoms with van der Waals surface area (Å²) in [5.41, 5.74) is 5.04. The van der Waals surface area contributed by atoms with Crippen LogP contribution in [0, 0.1) is 0 Å². The first-order valence-electron chi connectivity index (χ1n) is 7.25. The summed E-state index contributed by atoms with van der Waals surface area (Å²) in [6.07, 6.45) is 7.61. The lowest BCUT2D eigenvalue weighted by Crippen LogP contribution is -1.93. The van der Waals surface area contributed by atoms with Crippen LogP contribution in [0.1, 0.15) is 0 Å². The molecule has 0 unspecified atom stereocenters. The minimum absolute atomic E-state index is 0.274. The predicted molar refractivity (Wildman–Crippen MR) is 84.3 cm³/mol. The standard InChI is InChI=1S/C17H12N4O2/c1-3-15-16(23-10-22-15)5-11(1)14-8-18-17-4-2-12(9-21(14)17)13-6-19-20-7-13/h1-9H,10H2,(H,19,20). The molecule has 0 atom stereocenters. The number of benzene rings is 1. The molecule has 6 nitrogen and oxygen atoms in total. The van der Waals surface area contributed by atoms with Crippen molar-refractivity contribution in [1.29, 1.82) is 0 Å². The molecule has 0 bridgehead atoms. The summed E-state index contributed by atoms with van der Waals surface area (Å²) in [5, 5.41) is 6.85.